The fourth-order valence-electron chi connectivity index (χ4n) is 0.997. The van der Waals surface area contributed by atoms with Gasteiger partial charge in [0.1, 0.15) is 18.1 Å². The highest BCUT2D eigenvalue weighted by Crippen LogP contribution is 2.29. The van der Waals surface area contributed by atoms with Gasteiger partial charge in [-0.25, -0.2) is 0 Å². The third-order valence-electron chi connectivity index (χ3n) is 1.72. The van der Waals surface area contributed by atoms with Gasteiger partial charge >= 0.3 is 0 Å². The molecule has 0 aromatic heterocycles. The molecule has 0 aliphatic rings. The van der Waals surface area contributed by atoms with Crippen molar-refractivity contribution in [3.8, 4) is 11.5 Å². The van der Waals surface area contributed by atoms with E-state index >= 15 is 0 Å². The topological polar surface area (TPSA) is 38.7 Å². The lowest BCUT2D eigenvalue weighted by Gasteiger charge is -2.18. The van der Waals surface area contributed by atoms with Gasteiger partial charge in [0.2, 0.25) is 0 Å². The van der Waals surface area contributed by atoms with Gasteiger partial charge in [-0.3, -0.25) is 0 Å². The fraction of sp³-hybridized carbons (Fsp3) is 0.455. The van der Waals surface area contributed by atoms with E-state index in [9.17, 15) is 5.11 Å². The standard InChI is InChI=1S/C11H15BrO3/c1-11(2,13)7-15-8-4-5-10(14-3)9(12)6-8/h4-6,13H,7H2,1-3H3. The van der Waals surface area contributed by atoms with Gasteiger partial charge in [-0.1, -0.05) is 0 Å². The quantitative estimate of drug-likeness (QED) is 0.918. The van der Waals surface area contributed by atoms with E-state index in [1.165, 1.54) is 0 Å². The van der Waals surface area contributed by atoms with Crippen LogP contribution >= 0.6 is 15.9 Å². The molecule has 4 heteroatoms. The van der Waals surface area contributed by atoms with Crippen LogP contribution in [0.5, 0.6) is 11.5 Å². The van der Waals surface area contributed by atoms with Crippen molar-refractivity contribution in [1.82, 2.24) is 0 Å². The predicted molar refractivity (Wildman–Crippen MR) is 62.5 cm³/mol. The summed E-state index contributed by atoms with van der Waals surface area (Å²) >= 11 is 3.36. The summed E-state index contributed by atoms with van der Waals surface area (Å²) in [6.45, 7) is 3.66. The molecule has 0 fully saturated rings. The molecule has 0 bridgehead atoms. The molecule has 0 aliphatic heterocycles. The van der Waals surface area contributed by atoms with Crippen molar-refractivity contribution in [1.29, 1.82) is 0 Å². The molecule has 1 rings (SSSR count). The van der Waals surface area contributed by atoms with E-state index in [2.05, 4.69) is 15.9 Å². The first-order valence-electron chi connectivity index (χ1n) is 4.61. The fourth-order valence-corrected chi connectivity index (χ4v) is 1.52. The van der Waals surface area contributed by atoms with E-state index in [0.717, 1.165) is 10.2 Å². The number of halogens is 1. The Hall–Kier alpha value is -0.740. The van der Waals surface area contributed by atoms with Crippen molar-refractivity contribution in [2.24, 2.45) is 0 Å². The molecule has 0 amide bonds. The van der Waals surface area contributed by atoms with Crippen molar-refractivity contribution in [3.63, 3.8) is 0 Å². The molecule has 0 saturated heterocycles. The van der Waals surface area contributed by atoms with Crippen LogP contribution in [0.1, 0.15) is 13.8 Å². The molecule has 15 heavy (non-hydrogen) atoms. The van der Waals surface area contributed by atoms with E-state index in [0.29, 0.717) is 5.75 Å². The zero-order valence-corrected chi connectivity index (χ0v) is 10.7. The lowest BCUT2D eigenvalue weighted by Crippen LogP contribution is -2.27. The van der Waals surface area contributed by atoms with Crippen LogP contribution in [0, 0.1) is 0 Å². The minimum atomic E-state index is -0.827. The average molecular weight is 275 g/mol. The summed E-state index contributed by atoms with van der Waals surface area (Å²) in [6, 6.07) is 5.42. The lowest BCUT2D eigenvalue weighted by atomic mass is 10.2. The summed E-state index contributed by atoms with van der Waals surface area (Å²) in [4.78, 5) is 0. The van der Waals surface area contributed by atoms with Gasteiger partial charge in [0.05, 0.1) is 17.2 Å². The molecule has 0 spiro atoms. The maximum absolute atomic E-state index is 9.49. The molecule has 0 radical (unpaired) electrons. The number of benzene rings is 1. The number of rotatable bonds is 4. The Bertz CT molecular complexity index is 331. The van der Waals surface area contributed by atoms with Gasteiger partial charge in [-0.15, -0.1) is 0 Å². The monoisotopic (exact) mass is 274 g/mol. The van der Waals surface area contributed by atoms with Gasteiger partial charge in [-0.05, 0) is 48.0 Å². The number of hydrogen-bond donors (Lipinski definition) is 1. The Morgan fingerprint density at radius 2 is 2.07 bits per heavy atom. The minimum absolute atomic E-state index is 0.256. The second-order valence-electron chi connectivity index (χ2n) is 3.90. The Morgan fingerprint density at radius 3 is 2.53 bits per heavy atom. The molecule has 84 valence electrons. The zero-order valence-electron chi connectivity index (χ0n) is 9.08. The number of methoxy groups -OCH3 is 1. The van der Waals surface area contributed by atoms with E-state index in [4.69, 9.17) is 9.47 Å². The first kappa shape index (κ1) is 12.3. The van der Waals surface area contributed by atoms with Gasteiger partial charge in [0.15, 0.2) is 0 Å². The summed E-state index contributed by atoms with van der Waals surface area (Å²) in [5, 5.41) is 9.49. The van der Waals surface area contributed by atoms with Crippen LogP contribution in [-0.2, 0) is 0 Å². The van der Waals surface area contributed by atoms with Crippen LogP contribution < -0.4 is 9.47 Å². The molecular formula is C11H15BrO3. The summed E-state index contributed by atoms with van der Waals surface area (Å²) in [5.41, 5.74) is -0.827. The van der Waals surface area contributed by atoms with Crippen LogP contribution in [0.3, 0.4) is 0 Å². The lowest BCUT2D eigenvalue weighted by molar-refractivity contribution is 0.0284. The first-order valence-corrected chi connectivity index (χ1v) is 5.40. The Balaban J connectivity index is 2.68. The van der Waals surface area contributed by atoms with Crippen molar-refractivity contribution in [2.75, 3.05) is 13.7 Å². The largest absolute Gasteiger partial charge is 0.496 e. The minimum Gasteiger partial charge on any atom is -0.496 e. The Morgan fingerprint density at radius 1 is 1.40 bits per heavy atom. The predicted octanol–water partition coefficient (Wildman–Crippen LogP) is 2.61. The summed E-state index contributed by atoms with van der Waals surface area (Å²) in [5.74, 6) is 1.45. The number of hydrogen-bond acceptors (Lipinski definition) is 3. The third-order valence-corrected chi connectivity index (χ3v) is 2.34. The smallest absolute Gasteiger partial charge is 0.133 e. The Labute approximate surface area is 98.1 Å². The summed E-state index contributed by atoms with van der Waals surface area (Å²) in [6.07, 6.45) is 0. The maximum atomic E-state index is 9.49. The highest BCUT2D eigenvalue weighted by atomic mass is 79.9. The highest BCUT2D eigenvalue weighted by molar-refractivity contribution is 9.10. The summed E-state index contributed by atoms with van der Waals surface area (Å²) in [7, 11) is 1.61. The molecule has 0 heterocycles. The molecule has 1 aromatic carbocycles. The maximum Gasteiger partial charge on any atom is 0.133 e. The second-order valence-corrected chi connectivity index (χ2v) is 4.75. The van der Waals surface area contributed by atoms with E-state index in [1.54, 1.807) is 27.0 Å². The molecule has 0 atom stereocenters. The molecule has 0 saturated carbocycles. The molecule has 1 aromatic rings. The first-order chi connectivity index (χ1) is 6.92. The van der Waals surface area contributed by atoms with E-state index in [-0.39, 0.29) is 6.61 Å². The molecular weight excluding hydrogens is 260 g/mol. The number of ether oxygens (including phenoxy) is 2. The van der Waals surface area contributed by atoms with Gasteiger partial charge < -0.3 is 14.6 Å². The van der Waals surface area contributed by atoms with Gasteiger partial charge in [0.25, 0.3) is 0 Å². The summed E-state index contributed by atoms with van der Waals surface area (Å²) < 4.78 is 11.3. The van der Waals surface area contributed by atoms with Crippen LogP contribution in [0.15, 0.2) is 22.7 Å². The van der Waals surface area contributed by atoms with Crippen molar-refractivity contribution in [3.05, 3.63) is 22.7 Å². The molecule has 0 aliphatic carbocycles. The SMILES string of the molecule is COc1ccc(OCC(C)(C)O)cc1Br. The van der Waals surface area contributed by atoms with Gasteiger partial charge in [0, 0.05) is 0 Å². The zero-order chi connectivity index (χ0) is 11.5. The Kier molecular flexibility index (Phi) is 3.99. The average Bonchev–Trinajstić information content (AvgIpc) is 2.14. The van der Waals surface area contributed by atoms with Crippen molar-refractivity contribution in [2.45, 2.75) is 19.4 Å². The third kappa shape index (κ3) is 4.10. The van der Waals surface area contributed by atoms with Crippen LogP contribution in [-0.4, -0.2) is 24.4 Å². The molecule has 3 nitrogen and oxygen atoms in total. The highest BCUT2D eigenvalue weighted by Gasteiger charge is 2.13. The normalized spacial score (nSPS) is 11.3. The van der Waals surface area contributed by atoms with Gasteiger partial charge in [-0.2, -0.15) is 0 Å². The molecule has 1 N–H and O–H groups in total. The van der Waals surface area contributed by atoms with E-state index < -0.39 is 5.60 Å². The van der Waals surface area contributed by atoms with Crippen LogP contribution in [0.2, 0.25) is 0 Å². The van der Waals surface area contributed by atoms with Crippen molar-refractivity contribution < 1.29 is 14.6 Å². The number of aliphatic hydroxyl groups is 1. The second kappa shape index (κ2) is 4.86. The van der Waals surface area contributed by atoms with Crippen molar-refractivity contribution >= 4 is 15.9 Å². The van der Waals surface area contributed by atoms with Crippen LogP contribution in [0.4, 0.5) is 0 Å². The molecule has 0 unspecified atom stereocenters. The van der Waals surface area contributed by atoms with E-state index in [1.807, 2.05) is 12.1 Å². The van der Waals surface area contributed by atoms with Crippen LogP contribution in [0.25, 0.3) is 0 Å².